The number of aromatic nitrogens is 2. The fraction of sp³-hybridized carbons (Fsp3) is 0.214. The Kier molecular flexibility index (Phi) is 3.40. The van der Waals surface area contributed by atoms with Crippen LogP contribution in [0.3, 0.4) is 0 Å². The van der Waals surface area contributed by atoms with Crippen LogP contribution in [0.1, 0.15) is 25.5 Å². The van der Waals surface area contributed by atoms with Crippen LogP contribution < -0.4 is 5.73 Å². The number of nitrogens with zero attached hydrogens (tertiary/aromatic N) is 2. The lowest BCUT2D eigenvalue weighted by molar-refractivity contribution is 0.838. The van der Waals surface area contributed by atoms with Crippen LogP contribution in [0.2, 0.25) is 10.0 Å². The van der Waals surface area contributed by atoms with Crippen molar-refractivity contribution in [2.75, 3.05) is 5.73 Å². The highest BCUT2D eigenvalue weighted by atomic mass is 35.5. The van der Waals surface area contributed by atoms with Gasteiger partial charge in [-0.1, -0.05) is 43.1 Å². The molecule has 104 valence electrons. The van der Waals surface area contributed by atoms with Crippen LogP contribution >= 0.6 is 34.5 Å². The molecule has 0 aliphatic carbocycles. The topological polar surface area (TPSA) is 43.3 Å². The summed E-state index contributed by atoms with van der Waals surface area (Å²) in [5.41, 5.74) is 9.13. The van der Waals surface area contributed by atoms with E-state index >= 15 is 0 Å². The first kappa shape index (κ1) is 13.7. The third kappa shape index (κ3) is 2.08. The molecule has 0 amide bonds. The van der Waals surface area contributed by atoms with Crippen LogP contribution in [0, 0.1) is 0 Å². The molecular formula is C14H13Cl2N3S. The van der Waals surface area contributed by atoms with Gasteiger partial charge >= 0.3 is 0 Å². The lowest BCUT2D eigenvalue weighted by Gasteiger charge is -2.05. The first-order chi connectivity index (χ1) is 9.49. The Morgan fingerprint density at radius 2 is 2.00 bits per heavy atom. The molecule has 2 heterocycles. The zero-order chi connectivity index (χ0) is 14.4. The van der Waals surface area contributed by atoms with Crippen LogP contribution in [-0.4, -0.2) is 9.38 Å². The maximum Gasteiger partial charge on any atom is 0.196 e. The summed E-state index contributed by atoms with van der Waals surface area (Å²) in [5.74, 6) is 0.987. The molecule has 3 rings (SSSR count). The van der Waals surface area contributed by atoms with Gasteiger partial charge in [0.25, 0.3) is 0 Å². The fourth-order valence-corrected chi connectivity index (χ4v) is 3.39. The minimum atomic E-state index is 0.295. The van der Waals surface area contributed by atoms with E-state index < -0.39 is 0 Å². The molecule has 20 heavy (non-hydrogen) atoms. The molecule has 0 fully saturated rings. The van der Waals surface area contributed by atoms with Crippen molar-refractivity contribution < 1.29 is 0 Å². The Bertz CT molecular complexity index is 789. The zero-order valence-corrected chi connectivity index (χ0v) is 13.4. The van der Waals surface area contributed by atoms with Gasteiger partial charge in [-0.25, -0.2) is 4.98 Å². The van der Waals surface area contributed by atoms with E-state index in [0.717, 1.165) is 21.9 Å². The van der Waals surface area contributed by atoms with Gasteiger partial charge in [-0.2, -0.15) is 0 Å². The summed E-state index contributed by atoms with van der Waals surface area (Å²) >= 11 is 13.6. The fourth-order valence-electron chi connectivity index (χ4n) is 2.18. The molecular weight excluding hydrogens is 313 g/mol. The molecule has 6 heteroatoms. The van der Waals surface area contributed by atoms with E-state index in [2.05, 4.69) is 18.8 Å². The number of halogens is 2. The number of nitrogens with two attached hydrogens (primary N) is 1. The van der Waals surface area contributed by atoms with Crippen molar-refractivity contribution in [2.45, 2.75) is 19.8 Å². The Hall–Kier alpha value is -1.23. The van der Waals surface area contributed by atoms with Gasteiger partial charge in [0.15, 0.2) is 4.96 Å². The summed E-state index contributed by atoms with van der Waals surface area (Å²) in [7, 11) is 0. The number of hydrogen-bond acceptors (Lipinski definition) is 3. The molecule has 0 aliphatic heterocycles. The van der Waals surface area contributed by atoms with Crippen LogP contribution in [-0.2, 0) is 0 Å². The molecule has 0 aliphatic rings. The van der Waals surface area contributed by atoms with E-state index in [4.69, 9.17) is 28.9 Å². The summed E-state index contributed by atoms with van der Waals surface area (Å²) in [4.78, 5) is 5.49. The van der Waals surface area contributed by atoms with E-state index in [9.17, 15) is 0 Å². The SMILES string of the molecule is CC(C)c1nc2scc(-c3ccc(Cl)c(Cl)c3)n2c1N. The van der Waals surface area contributed by atoms with Gasteiger partial charge in [-0.05, 0) is 18.1 Å². The second-order valence-electron chi connectivity index (χ2n) is 4.90. The summed E-state index contributed by atoms with van der Waals surface area (Å²) in [6.45, 7) is 4.17. The van der Waals surface area contributed by atoms with Crippen molar-refractivity contribution in [1.29, 1.82) is 0 Å². The van der Waals surface area contributed by atoms with Gasteiger partial charge in [0.05, 0.1) is 21.4 Å². The summed E-state index contributed by atoms with van der Waals surface area (Å²) < 4.78 is 1.97. The number of anilines is 1. The highest BCUT2D eigenvalue weighted by Crippen LogP contribution is 2.34. The lowest BCUT2D eigenvalue weighted by Crippen LogP contribution is -1.98. The Morgan fingerprint density at radius 1 is 1.25 bits per heavy atom. The first-order valence-corrected chi connectivity index (χ1v) is 7.83. The Balaban J connectivity index is 2.23. The Labute approximate surface area is 131 Å². The number of imidazole rings is 1. The van der Waals surface area contributed by atoms with E-state index in [1.165, 1.54) is 0 Å². The van der Waals surface area contributed by atoms with Crippen molar-refractivity contribution >= 4 is 45.3 Å². The predicted octanol–water partition coefficient (Wildman–Crippen LogP) is 5.08. The number of hydrogen-bond donors (Lipinski definition) is 1. The maximum absolute atomic E-state index is 6.24. The molecule has 1 aromatic carbocycles. The molecule has 0 unspecified atom stereocenters. The third-order valence-corrected chi connectivity index (χ3v) is 4.75. The van der Waals surface area contributed by atoms with Crippen molar-refractivity contribution in [3.05, 3.63) is 39.3 Å². The monoisotopic (exact) mass is 325 g/mol. The number of fused-ring (bicyclic) bond motifs is 1. The highest BCUT2D eigenvalue weighted by molar-refractivity contribution is 7.15. The molecule has 3 nitrogen and oxygen atoms in total. The number of thiazole rings is 1. The molecule has 2 aromatic heterocycles. The van der Waals surface area contributed by atoms with Gasteiger partial charge in [0, 0.05) is 10.9 Å². The van der Waals surface area contributed by atoms with E-state index in [1.54, 1.807) is 17.4 Å². The molecule has 3 aromatic rings. The van der Waals surface area contributed by atoms with Gasteiger partial charge in [0.2, 0.25) is 0 Å². The van der Waals surface area contributed by atoms with Crippen molar-refractivity contribution in [1.82, 2.24) is 9.38 Å². The highest BCUT2D eigenvalue weighted by Gasteiger charge is 2.17. The molecule has 0 spiro atoms. The summed E-state index contributed by atoms with van der Waals surface area (Å²) in [6, 6.07) is 5.57. The maximum atomic E-state index is 6.24. The number of nitrogen functional groups attached to an aromatic ring is 1. The molecule has 0 bridgehead atoms. The molecule has 0 saturated carbocycles. The molecule has 0 saturated heterocycles. The smallest absolute Gasteiger partial charge is 0.196 e. The molecule has 0 radical (unpaired) electrons. The van der Waals surface area contributed by atoms with E-state index in [1.807, 2.05) is 21.9 Å². The second kappa shape index (κ2) is 4.95. The van der Waals surface area contributed by atoms with Gasteiger partial charge in [0.1, 0.15) is 5.82 Å². The normalized spacial score (nSPS) is 11.7. The van der Waals surface area contributed by atoms with Crippen molar-refractivity contribution in [3.63, 3.8) is 0 Å². The van der Waals surface area contributed by atoms with E-state index in [-0.39, 0.29) is 0 Å². The van der Waals surface area contributed by atoms with Gasteiger partial charge < -0.3 is 5.73 Å². The Morgan fingerprint density at radius 3 is 2.65 bits per heavy atom. The van der Waals surface area contributed by atoms with Crippen molar-refractivity contribution in [2.24, 2.45) is 0 Å². The standard InChI is InChI=1S/C14H13Cl2N3S/c1-7(2)12-13(17)19-11(6-20-14(19)18-12)8-3-4-9(15)10(16)5-8/h3-7H,17H2,1-2H3. The quantitative estimate of drug-likeness (QED) is 0.714. The van der Waals surface area contributed by atoms with Crippen molar-refractivity contribution in [3.8, 4) is 11.3 Å². The lowest BCUT2D eigenvalue weighted by atomic mass is 10.1. The average Bonchev–Trinajstić information content (AvgIpc) is 2.94. The van der Waals surface area contributed by atoms with Crippen LogP contribution in [0.15, 0.2) is 23.6 Å². The van der Waals surface area contributed by atoms with Crippen LogP contribution in [0.4, 0.5) is 5.82 Å². The largest absolute Gasteiger partial charge is 0.383 e. The summed E-state index contributed by atoms with van der Waals surface area (Å²) in [5, 5.41) is 3.11. The van der Waals surface area contributed by atoms with Gasteiger partial charge in [-0.15, -0.1) is 11.3 Å². The minimum Gasteiger partial charge on any atom is -0.383 e. The zero-order valence-electron chi connectivity index (χ0n) is 11.0. The summed E-state index contributed by atoms with van der Waals surface area (Å²) in [6.07, 6.45) is 0. The number of benzene rings is 1. The molecule has 0 atom stereocenters. The predicted molar refractivity (Wildman–Crippen MR) is 87.0 cm³/mol. The van der Waals surface area contributed by atoms with Gasteiger partial charge in [-0.3, -0.25) is 4.40 Å². The second-order valence-corrected chi connectivity index (χ2v) is 6.56. The van der Waals surface area contributed by atoms with Crippen LogP contribution in [0.5, 0.6) is 0 Å². The average molecular weight is 326 g/mol. The van der Waals surface area contributed by atoms with Crippen LogP contribution in [0.25, 0.3) is 16.2 Å². The first-order valence-electron chi connectivity index (χ1n) is 6.19. The van der Waals surface area contributed by atoms with E-state index in [0.29, 0.717) is 21.8 Å². The third-order valence-electron chi connectivity index (χ3n) is 3.19. The number of rotatable bonds is 2. The minimum absolute atomic E-state index is 0.295. The molecule has 2 N–H and O–H groups in total.